The molecule has 0 aromatic heterocycles. The number of esters is 4. The number of ether oxygens (including phenoxy) is 4. The lowest BCUT2D eigenvalue weighted by Crippen LogP contribution is -2.43. The highest BCUT2D eigenvalue weighted by Gasteiger charge is 2.43. The van der Waals surface area contributed by atoms with Gasteiger partial charge in [-0.25, -0.2) is 0 Å². The zero-order valence-corrected chi connectivity index (χ0v) is 15.6. The van der Waals surface area contributed by atoms with E-state index < -0.39 is 42.2 Å². The van der Waals surface area contributed by atoms with Crippen LogP contribution >= 0.6 is 0 Å². The molecule has 0 fully saturated rings. The molecular formula is C17H28O8. The van der Waals surface area contributed by atoms with Crippen molar-refractivity contribution in [2.45, 2.75) is 66.4 Å². The van der Waals surface area contributed by atoms with Gasteiger partial charge in [-0.2, -0.15) is 0 Å². The molecule has 0 radical (unpaired) electrons. The fourth-order valence-electron chi connectivity index (χ4n) is 1.88. The summed E-state index contributed by atoms with van der Waals surface area (Å²) in [5, 5.41) is 0. The van der Waals surface area contributed by atoms with E-state index in [0.717, 1.165) is 0 Å². The Labute approximate surface area is 148 Å². The Bertz CT molecular complexity index is 473. The zero-order chi connectivity index (χ0) is 19.5. The highest BCUT2D eigenvalue weighted by atomic mass is 16.7. The molecule has 0 bridgehead atoms. The molecule has 0 N–H and O–H groups in total. The van der Waals surface area contributed by atoms with Crippen molar-refractivity contribution >= 4 is 23.9 Å². The minimum atomic E-state index is -1.25. The third-order valence-corrected chi connectivity index (χ3v) is 3.75. The van der Waals surface area contributed by atoms with Crippen LogP contribution in [0.25, 0.3) is 0 Å². The number of hydrogen-bond acceptors (Lipinski definition) is 8. The Morgan fingerprint density at radius 2 is 1.64 bits per heavy atom. The van der Waals surface area contributed by atoms with Crippen LogP contribution in [0.2, 0.25) is 0 Å². The third-order valence-electron chi connectivity index (χ3n) is 3.75. The van der Waals surface area contributed by atoms with E-state index in [1.165, 1.54) is 6.92 Å². The van der Waals surface area contributed by atoms with E-state index in [0.29, 0.717) is 6.42 Å². The molecule has 0 amide bonds. The van der Waals surface area contributed by atoms with E-state index in [2.05, 4.69) is 0 Å². The Kier molecular flexibility index (Phi) is 10.5. The fraction of sp³-hybridized carbons (Fsp3) is 0.765. The van der Waals surface area contributed by atoms with Crippen molar-refractivity contribution in [3.63, 3.8) is 0 Å². The molecule has 144 valence electrons. The number of carbonyl (C=O) groups excluding carboxylic acids is 4. The molecule has 0 rings (SSSR count). The lowest BCUT2D eigenvalue weighted by atomic mass is 9.81. The highest BCUT2D eigenvalue weighted by Crippen LogP contribution is 2.30. The van der Waals surface area contributed by atoms with Gasteiger partial charge in [0, 0.05) is 26.2 Å². The molecule has 0 aliphatic carbocycles. The van der Waals surface area contributed by atoms with Gasteiger partial charge < -0.3 is 18.9 Å². The van der Waals surface area contributed by atoms with Crippen LogP contribution in [0.1, 0.15) is 60.3 Å². The minimum Gasteiger partial charge on any atom is -0.466 e. The molecule has 8 nitrogen and oxygen atoms in total. The first-order chi connectivity index (χ1) is 11.7. The fourth-order valence-corrected chi connectivity index (χ4v) is 1.88. The molecule has 2 atom stereocenters. The van der Waals surface area contributed by atoms with Crippen LogP contribution in [0.3, 0.4) is 0 Å². The minimum absolute atomic E-state index is 0.0371. The van der Waals surface area contributed by atoms with Crippen molar-refractivity contribution in [3.8, 4) is 0 Å². The van der Waals surface area contributed by atoms with Gasteiger partial charge in [-0.05, 0) is 20.3 Å². The molecule has 0 aromatic carbocycles. The molecule has 0 aliphatic heterocycles. The van der Waals surface area contributed by atoms with E-state index in [-0.39, 0.29) is 25.9 Å². The quantitative estimate of drug-likeness (QED) is 0.313. The topological polar surface area (TPSA) is 105 Å². The second-order valence-electron chi connectivity index (χ2n) is 5.81. The first kappa shape index (κ1) is 22.9. The second kappa shape index (κ2) is 11.4. The van der Waals surface area contributed by atoms with Gasteiger partial charge in [-0.3, -0.25) is 19.2 Å². The monoisotopic (exact) mass is 360 g/mol. The van der Waals surface area contributed by atoms with Gasteiger partial charge in [0.25, 0.3) is 0 Å². The van der Waals surface area contributed by atoms with Crippen LogP contribution in [0.4, 0.5) is 0 Å². The van der Waals surface area contributed by atoms with Crippen molar-refractivity contribution in [1.29, 1.82) is 0 Å². The molecule has 0 saturated carbocycles. The number of rotatable bonds is 11. The molecule has 2 unspecified atom stereocenters. The second-order valence-corrected chi connectivity index (χ2v) is 5.81. The SMILES string of the molecule is CCCC(=O)OCOC(=O)C(C)(CCOC(C)=O)C(C)OC(=O)CC. The van der Waals surface area contributed by atoms with Crippen LogP contribution in [0.5, 0.6) is 0 Å². The molecule has 0 aliphatic rings. The van der Waals surface area contributed by atoms with Crippen molar-refractivity contribution < 1.29 is 38.1 Å². The van der Waals surface area contributed by atoms with E-state index in [9.17, 15) is 19.2 Å². The Hall–Kier alpha value is -2.12. The van der Waals surface area contributed by atoms with E-state index in [1.54, 1.807) is 20.8 Å². The summed E-state index contributed by atoms with van der Waals surface area (Å²) in [5.74, 6) is -2.13. The van der Waals surface area contributed by atoms with Gasteiger partial charge in [-0.1, -0.05) is 13.8 Å². The largest absolute Gasteiger partial charge is 0.466 e. The van der Waals surface area contributed by atoms with Gasteiger partial charge in [0.2, 0.25) is 6.79 Å². The number of carbonyl (C=O) groups is 4. The van der Waals surface area contributed by atoms with E-state index >= 15 is 0 Å². The van der Waals surface area contributed by atoms with Crippen LogP contribution in [-0.2, 0) is 38.1 Å². The van der Waals surface area contributed by atoms with Crippen LogP contribution < -0.4 is 0 Å². The summed E-state index contributed by atoms with van der Waals surface area (Å²) in [4.78, 5) is 46.2. The molecule has 0 spiro atoms. The molecular weight excluding hydrogens is 332 g/mol. The first-order valence-electron chi connectivity index (χ1n) is 8.33. The Balaban J connectivity index is 4.89. The average molecular weight is 360 g/mol. The van der Waals surface area contributed by atoms with Crippen molar-refractivity contribution in [2.75, 3.05) is 13.4 Å². The molecule has 25 heavy (non-hydrogen) atoms. The maximum absolute atomic E-state index is 12.4. The zero-order valence-electron chi connectivity index (χ0n) is 15.6. The predicted molar refractivity (Wildman–Crippen MR) is 87.2 cm³/mol. The lowest BCUT2D eigenvalue weighted by Gasteiger charge is -2.32. The van der Waals surface area contributed by atoms with Gasteiger partial charge in [0.1, 0.15) is 11.5 Å². The standard InChI is InChI=1S/C17H28O8/c1-6-8-15(20)23-11-24-16(21)17(5,9-10-22-13(4)18)12(3)25-14(19)7-2/h12H,6-11H2,1-5H3. The summed E-state index contributed by atoms with van der Waals surface area (Å²) in [6.07, 6.45) is 0.290. The van der Waals surface area contributed by atoms with Crippen LogP contribution in [0.15, 0.2) is 0 Å². The van der Waals surface area contributed by atoms with Gasteiger partial charge in [-0.15, -0.1) is 0 Å². The summed E-state index contributed by atoms with van der Waals surface area (Å²) >= 11 is 0. The predicted octanol–water partition coefficient (Wildman–Crippen LogP) is 2.13. The molecule has 0 heterocycles. The van der Waals surface area contributed by atoms with Crippen molar-refractivity contribution in [1.82, 2.24) is 0 Å². The summed E-state index contributed by atoms with van der Waals surface area (Å²) < 4.78 is 19.9. The third kappa shape index (κ3) is 8.51. The maximum atomic E-state index is 12.4. The molecule has 8 heteroatoms. The maximum Gasteiger partial charge on any atom is 0.318 e. The number of hydrogen-bond donors (Lipinski definition) is 0. The van der Waals surface area contributed by atoms with E-state index in [1.807, 2.05) is 6.92 Å². The summed E-state index contributed by atoms with van der Waals surface area (Å²) in [5.41, 5.74) is -1.25. The average Bonchev–Trinajstić information content (AvgIpc) is 2.54. The summed E-state index contributed by atoms with van der Waals surface area (Å²) in [6.45, 7) is 7.26. The smallest absolute Gasteiger partial charge is 0.318 e. The van der Waals surface area contributed by atoms with E-state index in [4.69, 9.17) is 18.9 Å². The normalized spacial score (nSPS) is 14.0. The summed E-state index contributed by atoms with van der Waals surface area (Å²) in [6, 6.07) is 0. The van der Waals surface area contributed by atoms with Gasteiger partial charge in [0.05, 0.1) is 6.61 Å². The van der Waals surface area contributed by atoms with Crippen LogP contribution in [0, 0.1) is 5.41 Å². The lowest BCUT2D eigenvalue weighted by molar-refractivity contribution is -0.184. The first-order valence-corrected chi connectivity index (χ1v) is 8.33. The molecule has 0 saturated heterocycles. The van der Waals surface area contributed by atoms with Gasteiger partial charge >= 0.3 is 23.9 Å². The van der Waals surface area contributed by atoms with Crippen molar-refractivity contribution in [3.05, 3.63) is 0 Å². The molecule has 0 aromatic rings. The summed E-state index contributed by atoms with van der Waals surface area (Å²) in [7, 11) is 0. The Morgan fingerprint density at radius 3 is 2.16 bits per heavy atom. The Morgan fingerprint density at radius 1 is 1.00 bits per heavy atom. The van der Waals surface area contributed by atoms with Gasteiger partial charge in [0.15, 0.2) is 0 Å². The highest BCUT2D eigenvalue weighted by molar-refractivity contribution is 5.78. The van der Waals surface area contributed by atoms with Crippen LogP contribution in [-0.4, -0.2) is 43.4 Å². The van der Waals surface area contributed by atoms with Crippen molar-refractivity contribution in [2.24, 2.45) is 5.41 Å².